The maximum absolute atomic E-state index is 12.1. The van der Waals surface area contributed by atoms with Crippen LogP contribution in [0, 0.1) is 0 Å². The van der Waals surface area contributed by atoms with Gasteiger partial charge in [-0.3, -0.25) is 4.68 Å². The predicted octanol–water partition coefficient (Wildman–Crippen LogP) is 1.94. The number of aryl methyl sites for hydroxylation is 1. The van der Waals surface area contributed by atoms with E-state index in [1.165, 1.54) is 0 Å². The van der Waals surface area contributed by atoms with Gasteiger partial charge in [-0.25, -0.2) is 0 Å². The Balaban J connectivity index is 2.82. The molecule has 0 aliphatic carbocycles. The van der Waals surface area contributed by atoms with Gasteiger partial charge in [0, 0.05) is 19.2 Å². The molecule has 3 nitrogen and oxygen atoms in total. The number of nitrogens with zero attached hydrogens (tertiary/aromatic N) is 2. The van der Waals surface area contributed by atoms with Gasteiger partial charge in [-0.15, -0.1) is 0 Å². The molecule has 1 N–H and O–H groups in total. The predicted molar refractivity (Wildman–Crippen MR) is 43.9 cm³/mol. The average Bonchev–Trinajstić information content (AvgIpc) is 2.43. The molecule has 0 saturated carbocycles. The van der Waals surface area contributed by atoms with Crippen LogP contribution in [0.5, 0.6) is 0 Å². The van der Waals surface area contributed by atoms with Crippen LogP contribution in [0.15, 0.2) is 6.07 Å². The lowest BCUT2D eigenvalue weighted by atomic mass is 10.4. The molecule has 1 aromatic rings. The zero-order valence-electron chi connectivity index (χ0n) is 7.05. The van der Waals surface area contributed by atoms with Crippen LogP contribution < -0.4 is 0 Å². The number of rotatable bonds is 3. The van der Waals surface area contributed by atoms with Crippen molar-refractivity contribution in [2.75, 3.05) is 6.61 Å². The molecule has 0 fully saturated rings. The smallest absolute Gasteiger partial charge is 0.396 e. The highest BCUT2D eigenvalue weighted by Crippen LogP contribution is 2.29. The van der Waals surface area contributed by atoms with E-state index in [1.807, 2.05) is 0 Å². The normalized spacial score (nSPS) is 12.1. The Morgan fingerprint density at radius 1 is 1.50 bits per heavy atom. The summed E-state index contributed by atoms with van der Waals surface area (Å²) >= 11 is 5.51. The summed E-state index contributed by atoms with van der Waals surface area (Å²) in [6.07, 6.45) is -4.16. The summed E-state index contributed by atoms with van der Waals surface area (Å²) < 4.78 is 37.4. The molecule has 0 aliphatic heterocycles. The standard InChI is InChI=1S/C7H8ClF3N2O/c8-6-4-5(7(9,10)11)12-13(6)2-1-3-14/h4,14H,1-3H2. The molecule has 1 aromatic heterocycles. The van der Waals surface area contributed by atoms with Gasteiger partial charge < -0.3 is 5.11 Å². The first-order chi connectivity index (χ1) is 6.45. The van der Waals surface area contributed by atoms with Crippen LogP contribution >= 0.6 is 11.6 Å². The van der Waals surface area contributed by atoms with Crippen molar-refractivity contribution in [2.24, 2.45) is 0 Å². The number of hydrogen-bond donors (Lipinski definition) is 1. The van der Waals surface area contributed by atoms with Crippen molar-refractivity contribution in [3.8, 4) is 0 Å². The molecule has 0 radical (unpaired) electrons. The van der Waals surface area contributed by atoms with Gasteiger partial charge in [0.05, 0.1) is 0 Å². The third-order valence-electron chi connectivity index (χ3n) is 1.55. The molecule has 0 amide bonds. The summed E-state index contributed by atoms with van der Waals surface area (Å²) in [5.41, 5.74) is -1.01. The van der Waals surface area contributed by atoms with Gasteiger partial charge in [0.25, 0.3) is 0 Å². The van der Waals surface area contributed by atoms with E-state index >= 15 is 0 Å². The van der Waals surface area contributed by atoms with E-state index in [4.69, 9.17) is 16.7 Å². The Labute approximate surface area is 83.1 Å². The zero-order valence-corrected chi connectivity index (χ0v) is 7.81. The molecule has 7 heteroatoms. The molecule has 0 bridgehead atoms. The van der Waals surface area contributed by atoms with Gasteiger partial charge in [-0.1, -0.05) is 11.6 Å². The van der Waals surface area contributed by atoms with E-state index in [9.17, 15) is 13.2 Å². The lowest BCUT2D eigenvalue weighted by Crippen LogP contribution is -2.08. The minimum Gasteiger partial charge on any atom is -0.396 e. The Kier molecular flexibility index (Phi) is 3.38. The second-order valence-electron chi connectivity index (χ2n) is 2.65. The lowest BCUT2D eigenvalue weighted by Gasteiger charge is -2.01. The fourth-order valence-electron chi connectivity index (χ4n) is 0.910. The molecule has 0 atom stereocenters. The van der Waals surface area contributed by atoms with Crippen LogP contribution in [0.4, 0.5) is 13.2 Å². The number of aliphatic hydroxyl groups excluding tert-OH is 1. The summed E-state index contributed by atoms with van der Waals surface area (Å²) in [5, 5.41) is 11.7. The molecule has 0 aliphatic rings. The van der Waals surface area contributed by atoms with Gasteiger partial charge >= 0.3 is 6.18 Å². The second-order valence-corrected chi connectivity index (χ2v) is 3.04. The first-order valence-corrected chi connectivity index (χ1v) is 4.24. The van der Waals surface area contributed by atoms with Crippen LogP contribution in [0.1, 0.15) is 12.1 Å². The van der Waals surface area contributed by atoms with Crippen molar-refractivity contribution < 1.29 is 18.3 Å². The maximum Gasteiger partial charge on any atom is 0.435 e. The van der Waals surface area contributed by atoms with Crippen LogP contribution in [0.3, 0.4) is 0 Å². The monoisotopic (exact) mass is 228 g/mol. The van der Waals surface area contributed by atoms with Crippen molar-refractivity contribution >= 4 is 11.6 Å². The van der Waals surface area contributed by atoms with Crippen LogP contribution in [0.2, 0.25) is 5.15 Å². The van der Waals surface area contributed by atoms with Crippen LogP contribution in [-0.4, -0.2) is 21.5 Å². The fourth-order valence-corrected chi connectivity index (χ4v) is 1.14. The summed E-state index contributed by atoms with van der Waals surface area (Å²) in [5.74, 6) is 0. The van der Waals surface area contributed by atoms with Gasteiger partial charge in [0.2, 0.25) is 0 Å². The molecule has 0 aromatic carbocycles. The highest BCUT2D eigenvalue weighted by Gasteiger charge is 2.34. The quantitative estimate of drug-likeness (QED) is 0.859. The van der Waals surface area contributed by atoms with E-state index in [0.717, 1.165) is 10.7 Å². The summed E-state index contributed by atoms with van der Waals surface area (Å²) in [4.78, 5) is 0. The molecular weight excluding hydrogens is 221 g/mol. The van der Waals surface area contributed by atoms with Gasteiger partial charge in [0.15, 0.2) is 5.69 Å². The molecule has 0 unspecified atom stereocenters. The summed E-state index contributed by atoms with van der Waals surface area (Å²) in [7, 11) is 0. The number of halogens is 4. The Morgan fingerprint density at radius 3 is 2.57 bits per heavy atom. The number of alkyl halides is 3. The Morgan fingerprint density at radius 2 is 2.14 bits per heavy atom. The summed E-state index contributed by atoms with van der Waals surface area (Å²) in [6.45, 7) is 0.0585. The van der Waals surface area contributed by atoms with E-state index in [1.54, 1.807) is 0 Å². The fraction of sp³-hybridized carbons (Fsp3) is 0.571. The highest BCUT2D eigenvalue weighted by atomic mass is 35.5. The van der Waals surface area contributed by atoms with E-state index in [-0.39, 0.29) is 18.3 Å². The number of hydrogen-bond acceptors (Lipinski definition) is 2. The minimum atomic E-state index is -4.48. The van der Waals surface area contributed by atoms with Crippen LogP contribution in [0.25, 0.3) is 0 Å². The van der Waals surface area contributed by atoms with E-state index in [0.29, 0.717) is 6.42 Å². The first-order valence-electron chi connectivity index (χ1n) is 3.86. The minimum absolute atomic E-state index is 0.0780. The third-order valence-corrected chi connectivity index (χ3v) is 1.85. The van der Waals surface area contributed by atoms with Gasteiger partial charge in [0.1, 0.15) is 5.15 Å². The van der Waals surface area contributed by atoms with Gasteiger partial charge in [-0.2, -0.15) is 18.3 Å². The second kappa shape index (κ2) is 4.18. The van der Waals surface area contributed by atoms with Crippen molar-refractivity contribution in [3.63, 3.8) is 0 Å². The van der Waals surface area contributed by atoms with Crippen LogP contribution in [-0.2, 0) is 12.7 Å². The molecule has 14 heavy (non-hydrogen) atoms. The topological polar surface area (TPSA) is 38.0 Å². The number of aromatic nitrogens is 2. The molecular formula is C7H8ClF3N2O. The summed E-state index contributed by atoms with van der Waals surface area (Å²) in [6, 6.07) is 0.763. The van der Waals surface area contributed by atoms with E-state index in [2.05, 4.69) is 5.10 Å². The molecule has 0 spiro atoms. The van der Waals surface area contributed by atoms with E-state index < -0.39 is 11.9 Å². The Bertz CT molecular complexity index is 310. The van der Waals surface area contributed by atoms with Crippen molar-refractivity contribution in [2.45, 2.75) is 19.1 Å². The third kappa shape index (κ3) is 2.62. The highest BCUT2D eigenvalue weighted by molar-refractivity contribution is 6.29. The largest absolute Gasteiger partial charge is 0.435 e. The molecule has 0 saturated heterocycles. The average molecular weight is 229 g/mol. The zero-order chi connectivity index (χ0) is 10.8. The van der Waals surface area contributed by atoms with Crippen molar-refractivity contribution in [1.82, 2.24) is 9.78 Å². The van der Waals surface area contributed by atoms with Crippen molar-refractivity contribution in [3.05, 3.63) is 16.9 Å². The van der Waals surface area contributed by atoms with Crippen molar-refractivity contribution in [1.29, 1.82) is 0 Å². The Hall–Kier alpha value is -0.750. The maximum atomic E-state index is 12.1. The molecule has 80 valence electrons. The first kappa shape index (κ1) is 11.3. The SMILES string of the molecule is OCCCn1nc(C(F)(F)F)cc1Cl. The molecule has 1 heterocycles. The lowest BCUT2D eigenvalue weighted by molar-refractivity contribution is -0.141. The van der Waals surface area contributed by atoms with Gasteiger partial charge in [-0.05, 0) is 6.42 Å². The molecule has 1 rings (SSSR count). The number of aliphatic hydroxyl groups is 1.